The molecule has 3 fully saturated rings. The van der Waals surface area contributed by atoms with E-state index in [1.807, 2.05) is 19.1 Å². The molecule has 3 aliphatic rings. The van der Waals surface area contributed by atoms with Gasteiger partial charge in [0.2, 0.25) is 5.82 Å². The SMILES string of the molecule is CC=CCC[C@H](C(=O)O)C1[C@@H](n2ncnc2C(=O)NCCCCC2CCCCC2)[C@@H]2CC[C@H]1O2. The number of fused-ring (bicyclic) bond motifs is 2. The van der Waals surface area contributed by atoms with E-state index in [0.717, 1.165) is 31.6 Å². The van der Waals surface area contributed by atoms with Crippen molar-refractivity contribution in [1.29, 1.82) is 0 Å². The molecule has 8 heteroatoms. The van der Waals surface area contributed by atoms with Crippen LogP contribution in [0.5, 0.6) is 0 Å². The van der Waals surface area contributed by atoms with E-state index in [9.17, 15) is 14.7 Å². The van der Waals surface area contributed by atoms with Crippen molar-refractivity contribution >= 4 is 11.9 Å². The standard InChI is InChI=1S/C26H40N4O4/c1-2-3-5-13-19(26(32)33)22-20-14-15-21(34-20)23(22)30-24(28-17-29-30)25(31)27-16-9-8-12-18-10-6-4-7-11-18/h2-3,17-23H,4-16H2,1H3,(H,27,31)(H,32,33)/t19-,20+,21-,22?,23-/m0/s1. The van der Waals surface area contributed by atoms with Gasteiger partial charge in [0.1, 0.15) is 6.33 Å². The van der Waals surface area contributed by atoms with Crippen LogP contribution in [0.4, 0.5) is 0 Å². The number of rotatable bonds is 12. The first-order valence-electron chi connectivity index (χ1n) is 13.3. The largest absolute Gasteiger partial charge is 0.481 e. The molecule has 4 rings (SSSR count). The molecule has 0 spiro atoms. The number of nitrogens with zero attached hydrogens (tertiary/aromatic N) is 3. The van der Waals surface area contributed by atoms with Gasteiger partial charge in [0.05, 0.1) is 24.2 Å². The number of amides is 1. The van der Waals surface area contributed by atoms with Crippen molar-refractivity contribution in [2.75, 3.05) is 6.54 Å². The summed E-state index contributed by atoms with van der Waals surface area (Å²) in [6.07, 6.45) is 18.2. The second kappa shape index (κ2) is 12.0. The molecule has 2 N–H and O–H groups in total. The number of carbonyl (C=O) groups is 2. The van der Waals surface area contributed by atoms with Gasteiger partial charge >= 0.3 is 5.97 Å². The number of aromatic nitrogens is 3. The van der Waals surface area contributed by atoms with Gasteiger partial charge in [-0.1, -0.05) is 57.1 Å². The number of unbranched alkanes of at least 4 members (excludes halogenated alkanes) is 1. The number of hydrogen-bond donors (Lipinski definition) is 2. The van der Waals surface area contributed by atoms with Crippen LogP contribution in [0.2, 0.25) is 0 Å². The number of ether oxygens (including phenoxy) is 1. The second-order valence-corrected chi connectivity index (χ2v) is 10.2. The maximum atomic E-state index is 13.0. The Kier molecular flexibility index (Phi) is 8.75. The second-order valence-electron chi connectivity index (χ2n) is 10.2. The number of carboxylic acids is 1. The zero-order valence-corrected chi connectivity index (χ0v) is 20.4. The fourth-order valence-corrected chi connectivity index (χ4v) is 6.38. The Morgan fingerprint density at radius 2 is 2.00 bits per heavy atom. The molecule has 0 aromatic carbocycles. The molecule has 2 aliphatic heterocycles. The van der Waals surface area contributed by atoms with Gasteiger partial charge in [-0.25, -0.2) is 9.67 Å². The number of nitrogens with one attached hydrogen (secondary N) is 1. The van der Waals surface area contributed by atoms with Crippen LogP contribution in [0.15, 0.2) is 18.5 Å². The van der Waals surface area contributed by atoms with Gasteiger partial charge in [-0.2, -0.15) is 5.10 Å². The molecule has 8 nitrogen and oxygen atoms in total. The molecule has 188 valence electrons. The molecule has 1 saturated carbocycles. The third kappa shape index (κ3) is 5.70. The average Bonchev–Trinajstić information content (AvgIpc) is 3.58. The first kappa shape index (κ1) is 24.9. The molecule has 1 amide bonds. The van der Waals surface area contributed by atoms with Crippen LogP contribution in [0.25, 0.3) is 0 Å². The normalized spacial score (nSPS) is 27.9. The highest BCUT2D eigenvalue weighted by atomic mass is 16.5. The minimum atomic E-state index is -0.806. The van der Waals surface area contributed by atoms with E-state index in [0.29, 0.717) is 19.4 Å². The van der Waals surface area contributed by atoms with Crippen molar-refractivity contribution in [1.82, 2.24) is 20.1 Å². The van der Waals surface area contributed by atoms with Gasteiger partial charge in [-0.05, 0) is 44.9 Å². The highest BCUT2D eigenvalue weighted by molar-refractivity contribution is 5.90. The lowest BCUT2D eigenvalue weighted by Gasteiger charge is -2.32. The summed E-state index contributed by atoms with van der Waals surface area (Å²) in [5.41, 5.74) is 0. The fraction of sp³-hybridized carbons (Fsp3) is 0.769. The van der Waals surface area contributed by atoms with E-state index in [-0.39, 0.29) is 35.9 Å². The van der Waals surface area contributed by atoms with E-state index >= 15 is 0 Å². The topological polar surface area (TPSA) is 106 Å². The third-order valence-electron chi connectivity index (χ3n) is 8.06. The molecule has 2 bridgehead atoms. The molecule has 1 aromatic rings. The van der Waals surface area contributed by atoms with Crippen molar-refractivity contribution in [2.24, 2.45) is 17.8 Å². The van der Waals surface area contributed by atoms with Crippen molar-refractivity contribution in [2.45, 2.75) is 102 Å². The summed E-state index contributed by atoms with van der Waals surface area (Å²) in [6, 6.07) is -0.278. The molecule has 34 heavy (non-hydrogen) atoms. The van der Waals surface area contributed by atoms with Crippen LogP contribution < -0.4 is 5.32 Å². The minimum absolute atomic E-state index is 0.110. The van der Waals surface area contributed by atoms with Gasteiger partial charge < -0.3 is 15.2 Å². The average molecular weight is 473 g/mol. The van der Waals surface area contributed by atoms with E-state index in [2.05, 4.69) is 15.4 Å². The Labute approximate surface area is 202 Å². The number of carbonyl (C=O) groups excluding carboxylic acids is 1. The highest BCUT2D eigenvalue weighted by Crippen LogP contribution is 2.50. The third-order valence-corrected chi connectivity index (χ3v) is 8.06. The van der Waals surface area contributed by atoms with Crippen LogP contribution in [0.1, 0.15) is 101 Å². The fourth-order valence-electron chi connectivity index (χ4n) is 6.38. The molecule has 3 heterocycles. The van der Waals surface area contributed by atoms with Gasteiger partial charge in [-0.3, -0.25) is 9.59 Å². The monoisotopic (exact) mass is 472 g/mol. The van der Waals surface area contributed by atoms with Crippen molar-refractivity contribution in [3.8, 4) is 0 Å². The van der Waals surface area contributed by atoms with Gasteiger partial charge in [-0.15, -0.1) is 0 Å². The Morgan fingerprint density at radius 1 is 1.21 bits per heavy atom. The Bertz CT molecular complexity index is 848. The highest BCUT2D eigenvalue weighted by Gasteiger charge is 2.55. The molecule has 1 unspecified atom stereocenters. The maximum absolute atomic E-state index is 13.0. The van der Waals surface area contributed by atoms with Crippen LogP contribution in [0.3, 0.4) is 0 Å². The van der Waals surface area contributed by atoms with Gasteiger partial charge in [0.15, 0.2) is 0 Å². The first-order valence-corrected chi connectivity index (χ1v) is 13.3. The van der Waals surface area contributed by atoms with Crippen molar-refractivity contribution < 1.29 is 19.4 Å². The van der Waals surface area contributed by atoms with Crippen LogP contribution in [-0.2, 0) is 9.53 Å². The molecule has 2 saturated heterocycles. The summed E-state index contributed by atoms with van der Waals surface area (Å²) < 4.78 is 7.81. The lowest BCUT2D eigenvalue weighted by molar-refractivity contribution is -0.145. The van der Waals surface area contributed by atoms with Crippen LogP contribution in [-0.4, -0.2) is 50.5 Å². The predicted molar refractivity (Wildman–Crippen MR) is 128 cm³/mol. The maximum Gasteiger partial charge on any atom is 0.306 e. The summed E-state index contributed by atoms with van der Waals surface area (Å²) in [5, 5.41) is 17.4. The quantitative estimate of drug-likeness (QED) is 0.342. The Balaban J connectivity index is 1.37. The zero-order chi connectivity index (χ0) is 23.9. The van der Waals surface area contributed by atoms with Gasteiger partial charge in [0.25, 0.3) is 5.91 Å². The smallest absolute Gasteiger partial charge is 0.306 e. The molecule has 0 radical (unpaired) electrons. The summed E-state index contributed by atoms with van der Waals surface area (Å²) in [6.45, 7) is 2.56. The number of aliphatic carboxylic acids is 1. The number of hydrogen-bond acceptors (Lipinski definition) is 5. The van der Waals surface area contributed by atoms with E-state index in [1.165, 1.54) is 44.9 Å². The first-order chi connectivity index (χ1) is 16.6. The zero-order valence-electron chi connectivity index (χ0n) is 20.4. The van der Waals surface area contributed by atoms with Gasteiger partial charge in [0, 0.05) is 12.5 Å². The predicted octanol–water partition coefficient (Wildman–Crippen LogP) is 4.53. The number of carboxylic acid groups (broad SMARTS) is 1. The summed E-state index contributed by atoms with van der Waals surface area (Å²) in [5.74, 6) is -0.688. The number of allylic oxidation sites excluding steroid dienone is 2. The lowest BCUT2D eigenvalue weighted by Crippen LogP contribution is -2.40. The summed E-state index contributed by atoms with van der Waals surface area (Å²) in [4.78, 5) is 29.4. The lowest BCUT2D eigenvalue weighted by atomic mass is 9.74. The Hall–Kier alpha value is -2.22. The summed E-state index contributed by atoms with van der Waals surface area (Å²) in [7, 11) is 0. The molecular formula is C26H40N4O4. The Morgan fingerprint density at radius 3 is 2.76 bits per heavy atom. The molecule has 5 atom stereocenters. The van der Waals surface area contributed by atoms with Crippen LogP contribution >= 0.6 is 0 Å². The summed E-state index contributed by atoms with van der Waals surface area (Å²) >= 11 is 0. The molecular weight excluding hydrogens is 432 g/mol. The van der Waals surface area contributed by atoms with Crippen LogP contribution in [0, 0.1) is 17.8 Å². The molecule has 1 aromatic heterocycles. The van der Waals surface area contributed by atoms with E-state index in [4.69, 9.17) is 4.74 Å². The molecule has 1 aliphatic carbocycles. The van der Waals surface area contributed by atoms with E-state index in [1.54, 1.807) is 4.68 Å². The van der Waals surface area contributed by atoms with Crippen molar-refractivity contribution in [3.05, 3.63) is 24.3 Å². The minimum Gasteiger partial charge on any atom is -0.481 e. The van der Waals surface area contributed by atoms with E-state index < -0.39 is 11.9 Å². The van der Waals surface area contributed by atoms with Crippen molar-refractivity contribution in [3.63, 3.8) is 0 Å².